The Kier molecular flexibility index (Phi) is 6.98. The molecule has 1 unspecified atom stereocenters. The lowest BCUT2D eigenvalue weighted by Gasteiger charge is -2.35. The molecule has 1 amide bonds. The first-order chi connectivity index (χ1) is 19.5. The Morgan fingerprint density at radius 3 is 2.40 bits per heavy atom. The number of aromatic nitrogens is 1. The van der Waals surface area contributed by atoms with Crippen molar-refractivity contribution < 1.29 is 14.7 Å². The Morgan fingerprint density at radius 1 is 0.850 bits per heavy atom. The van der Waals surface area contributed by atoms with Crippen LogP contribution in [0.2, 0.25) is 0 Å². The van der Waals surface area contributed by atoms with Crippen molar-refractivity contribution in [3.8, 4) is 11.1 Å². The molecular weight excluding hydrogens is 500 g/mol. The first-order valence-corrected chi connectivity index (χ1v) is 14.0. The van der Waals surface area contributed by atoms with Crippen LogP contribution in [0.25, 0.3) is 22.0 Å². The van der Waals surface area contributed by atoms with E-state index in [2.05, 4.69) is 34.1 Å². The molecule has 7 heteroatoms. The number of carbonyl (C=O) groups is 2. The Hall–Kier alpha value is -4.23. The van der Waals surface area contributed by atoms with E-state index in [-0.39, 0.29) is 6.42 Å². The fraction of sp³-hybridized carbons (Fsp3) is 0.303. The number of nitrogens with two attached hydrogens (primary N) is 1. The van der Waals surface area contributed by atoms with E-state index in [0.29, 0.717) is 12.0 Å². The van der Waals surface area contributed by atoms with Crippen molar-refractivity contribution in [1.29, 1.82) is 0 Å². The second kappa shape index (κ2) is 10.7. The number of carboxylic acids is 1. The third-order valence-corrected chi connectivity index (χ3v) is 8.54. The fourth-order valence-corrected chi connectivity index (χ4v) is 6.63. The molecule has 0 saturated carbocycles. The van der Waals surface area contributed by atoms with Gasteiger partial charge in [0.25, 0.3) is 0 Å². The molecule has 2 aliphatic rings. The smallest absolute Gasteiger partial charge is 0.318 e. The highest BCUT2D eigenvalue weighted by Gasteiger charge is 2.50. The number of pyridine rings is 1. The van der Waals surface area contributed by atoms with E-state index >= 15 is 0 Å². The van der Waals surface area contributed by atoms with Gasteiger partial charge in [-0.15, -0.1) is 0 Å². The summed E-state index contributed by atoms with van der Waals surface area (Å²) >= 11 is 0. The monoisotopic (exact) mass is 534 g/mol. The minimum absolute atomic E-state index is 0.0303. The topological polar surface area (TPSA) is 99.8 Å². The van der Waals surface area contributed by atoms with Crippen LogP contribution >= 0.6 is 0 Å². The first-order valence-electron chi connectivity index (χ1n) is 14.0. The van der Waals surface area contributed by atoms with Gasteiger partial charge in [0.2, 0.25) is 5.91 Å². The Bertz CT molecular complexity index is 1580. The number of nitrogens with zero attached hydrogens (tertiary/aromatic N) is 3. The predicted molar refractivity (Wildman–Crippen MR) is 157 cm³/mol. The number of unbranched alkanes of at least 4 members (excludes halogenated alkanes) is 1. The van der Waals surface area contributed by atoms with Crippen molar-refractivity contribution in [2.24, 2.45) is 5.73 Å². The zero-order valence-electron chi connectivity index (χ0n) is 22.6. The second-order valence-corrected chi connectivity index (χ2v) is 10.9. The predicted octanol–water partition coefficient (Wildman–Crippen LogP) is 4.61. The second-order valence-electron chi connectivity index (χ2n) is 10.9. The SMILES string of the molecule is NC(=O)Cc1cccc2c1C(CCCCN1CCN(c3ccc4ccccc4n3)CC1)(C(=O)O)c1ccccc1-2. The van der Waals surface area contributed by atoms with Crippen LogP contribution in [0.4, 0.5) is 5.82 Å². The molecular formula is C33H34N4O3. The lowest BCUT2D eigenvalue weighted by molar-refractivity contribution is -0.142. The summed E-state index contributed by atoms with van der Waals surface area (Å²) in [6.45, 7) is 4.66. The zero-order chi connectivity index (χ0) is 27.7. The maximum Gasteiger partial charge on any atom is 0.318 e. The van der Waals surface area contributed by atoms with E-state index < -0.39 is 17.3 Å². The summed E-state index contributed by atoms with van der Waals surface area (Å²) in [4.78, 5) is 34.6. The van der Waals surface area contributed by atoms with E-state index in [9.17, 15) is 14.7 Å². The summed E-state index contributed by atoms with van der Waals surface area (Å²) in [6.07, 6.45) is 2.17. The minimum Gasteiger partial charge on any atom is -0.480 e. The molecule has 3 N–H and O–H groups in total. The number of hydrogen-bond acceptors (Lipinski definition) is 5. The highest BCUT2D eigenvalue weighted by Crippen LogP contribution is 2.53. The Morgan fingerprint density at radius 2 is 1.60 bits per heavy atom. The maximum absolute atomic E-state index is 13.1. The summed E-state index contributed by atoms with van der Waals surface area (Å²) in [5, 5.41) is 11.9. The summed E-state index contributed by atoms with van der Waals surface area (Å²) in [6, 6.07) is 25.9. The highest BCUT2D eigenvalue weighted by atomic mass is 16.4. The molecule has 0 radical (unpaired) electrons. The largest absolute Gasteiger partial charge is 0.480 e. The van der Waals surface area contributed by atoms with Gasteiger partial charge in [0.15, 0.2) is 0 Å². The lowest BCUT2D eigenvalue weighted by Crippen LogP contribution is -2.47. The molecule has 0 spiro atoms. The van der Waals surface area contributed by atoms with Crippen molar-refractivity contribution >= 4 is 28.6 Å². The lowest BCUT2D eigenvalue weighted by atomic mass is 9.72. The summed E-state index contributed by atoms with van der Waals surface area (Å²) in [5.74, 6) is -0.305. The van der Waals surface area contributed by atoms with Crippen LogP contribution in [0.5, 0.6) is 0 Å². The molecule has 204 valence electrons. The average Bonchev–Trinajstić information content (AvgIpc) is 3.27. The van der Waals surface area contributed by atoms with Crippen molar-refractivity contribution in [2.45, 2.75) is 31.1 Å². The number of amides is 1. The fourth-order valence-electron chi connectivity index (χ4n) is 6.63. The molecule has 40 heavy (non-hydrogen) atoms. The number of primary amides is 1. The highest BCUT2D eigenvalue weighted by molar-refractivity contribution is 5.98. The van der Waals surface area contributed by atoms with Crippen LogP contribution in [0.15, 0.2) is 78.9 Å². The van der Waals surface area contributed by atoms with Gasteiger partial charge in [-0.2, -0.15) is 0 Å². The normalized spacial score (nSPS) is 18.4. The van der Waals surface area contributed by atoms with Crippen LogP contribution < -0.4 is 10.6 Å². The van der Waals surface area contributed by atoms with Crippen molar-refractivity contribution in [3.05, 3.63) is 95.6 Å². The van der Waals surface area contributed by atoms with Gasteiger partial charge in [-0.25, -0.2) is 4.98 Å². The third kappa shape index (κ3) is 4.60. The number of piperazine rings is 1. The number of anilines is 1. The molecule has 7 nitrogen and oxygen atoms in total. The van der Waals surface area contributed by atoms with Crippen LogP contribution in [0, 0.1) is 0 Å². The van der Waals surface area contributed by atoms with Gasteiger partial charge in [0.1, 0.15) is 11.2 Å². The van der Waals surface area contributed by atoms with E-state index in [1.807, 2.05) is 54.6 Å². The number of para-hydroxylation sites is 1. The van der Waals surface area contributed by atoms with Gasteiger partial charge in [0, 0.05) is 31.6 Å². The van der Waals surface area contributed by atoms with Gasteiger partial charge < -0.3 is 15.7 Å². The third-order valence-electron chi connectivity index (χ3n) is 8.54. The Balaban J connectivity index is 1.13. The first kappa shape index (κ1) is 26.0. The molecule has 1 aliphatic carbocycles. The quantitative estimate of drug-likeness (QED) is 0.304. The molecule has 4 aromatic rings. The van der Waals surface area contributed by atoms with Crippen LogP contribution in [0.1, 0.15) is 36.0 Å². The molecule has 0 bridgehead atoms. The van der Waals surface area contributed by atoms with Crippen molar-refractivity contribution in [2.75, 3.05) is 37.6 Å². The van der Waals surface area contributed by atoms with E-state index in [0.717, 1.165) is 84.5 Å². The number of carboxylic acid groups (broad SMARTS) is 1. The van der Waals surface area contributed by atoms with Gasteiger partial charge >= 0.3 is 5.97 Å². The standard InChI is InChI=1S/C33H34N4O3/c34-29(38)22-24-9-7-11-26-25-10-2-3-12-27(25)33(31(24)26,32(39)40)16-5-6-17-36-18-20-37(21-19-36)30-15-14-23-8-1-4-13-28(23)35-30/h1-4,7-15H,5-6,16-22H2,(H2,34,38)(H,39,40). The summed E-state index contributed by atoms with van der Waals surface area (Å²) in [7, 11) is 0. The number of rotatable bonds is 9. The Labute approximate surface area is 234 Å². The van der Waals surface area contributed by atoms with E-state index in [4.69, 9.17) is 10.7 Å². The van der Waals surface area contributed by atoms with Crippen molar-refractivity contribution in [3.63, 3.8) is 0 Å². The van der Waals surface area contributed by atoms with Gasteiger partial charge in [0.05, 0.1) is 11.9 Å². The van der Waals surface area contributed by atoms with E-state index in [1.54, 1.807) is 0 Å². The number of carbonyl (C=O) groups excluding carboxylic acids is 1. The summed E-state index contributed by atoms with van der Waals surface area (Å²) in [5.41, 5.74) is 9.49. The van der Waals surface area contributed by atoms with Gasteiger partial charge in [-0.1, -0.05) is 67.1 Å². The molecule has 1 saturated heterocycles. The molecule has 1 atom stereocenters. The maximum atomic E-state index is 13.1. The van der Waals surface area contributed by atoms with Crippen molar-refractivity contribution in [1.82, 2.24) is 9.88 Å². The minimum atomic E-state index is -1.18. The van der Waals surface area contributed by atoms with Gasteiger partial charge in [-0.3, -0.25) is 14.5 Å². The van der Waals surface area contributed by atoms with Crippen LogP contribution in [-0.2, 0) is 21.4 Å². The van der Waals surface area contributed by atoms with E-state index in [1.165, 1.54) is 0 Å². The molecule has 2 heterocycles. The van der Waals surface area contributed by atoms with Crippen LogP contribution in [-0.4, -0.2) is 59.6 Å². The van der Waals surface area contributed by atoms with Gasteiger partial charge in [-0.05, 0) is 65.4 Å². The molecule has 1 aliphatic heterocycles. The molecule has 6 rings (SSSR count). The summed E-state index contributed by atoms with van der Waals surface area (Å²) < 4.78 is 0. The number of fused-ring (bicyclic) bond motifs is 4. The van der Waals surface area contributed by atoms with Crippen LogP contribution in [0.3, 0.4) is 0 Å². The molecule has 1 aromatic heterocycles. The molecule has 3 aromatic carbocycles. The average molecular weight is 535 g/mol. The zero-order valence-corrected chi connectivity index (χ0v) is 22.6. The number of aliphatic carboxylic acids is 1. The molecule has 1 fully saturated rings. The number of hydrogen-bond donors (Lipinski definition) is 2. The number of benzene rings is 3.